The van der Waals surface area contributed by atoms with E-state index in [9.17, 15) is 4.79 Å². The molecule has 110 valence electrons. The Morgan fingerprint density at radius 2 is 2.24 bits per heavy atom. The van der Waals surface area contributed by atoms with Crippen LogP contribution in [-0.2, 0) is 17.9 Å². The van der Waals surface area contributed by atoms with Crippen molar-refractivity contribution in [3.8, 4) is 5.75 Å². The summed E-state index contributed by atoms with van der Waals surface area (Å²) in [5.74, 6) is -0.272. The minimum atomic E-state index is -1.08. The first-order valence-corrected chi connectivity index (χ1v) is 6.69. The molecule has 1 aromatic carbocycles. The van der Waals surface area contributed by atoms with Crippen LogP contribution in [0, 0.1) is 0 Å². The largest absolute Gasteiger partial charge is 0.494 e. The summed E-state index contributed by atoms with van der Waals surface area (Å²) in [6, 6.07) is 7.66. The first kappa shape index (κ1) is 13.6. The number of benzene rings is 1. The molecule has 7 heteroatoms. The minimum absolute atomic E-state index is 0.0415. The molecule has 3 rings (SSSR count). The van der Waals surface area contributed by atoms with E-state index in [2.05, 4.69) is 10.3 Å². The van der Waals surface area contributed by atoms with Crippen molar-refractivity contribution in [2.45, 2.75) is 26.2 Å². The zero-order chi connectivity index (χ0) is 14.8. The Morgan fingerprint density at radius 3 is 2.90 bits per heavy atom. The van der Waals surface area contributed by atoms with E-state index in [1.807, 2.05) is 31.2 Å². The van der Waals surface area contributed by atoms with Crippen LogP contribution in [0.5, 0.6) is 5.75 Å². The summed E-state index contributed by atoms with van der Waals surface area (Å²) in [6.07, 6.45) is -0.170. The number of carboxylic acids is 1. The van der Waals surface area contributed by atoms with E-state index in [0.29, 0.717) is 18.8 Å². The fourth-order valence-corrected chi connectivity index (χ4v) is 2.32. The molecule has 21 heavy (non-hydrogen) atoms. The number of hydrogen-bond donors (Lipinski definition) is 1. The van der Waals surface area contributed by atoms with Crippen LogP contribution in [0.25, 0.3) is 0 Å². The number of fused-ring (bicyclic) bond motifs is 1. The van der Waals surface area contributed by atoms with Gasteiger partial charge in [0.15, 0.2) is 5.69 Å². The van der Waals surface area contributed by atoms with Gasteiger partial charge in [0.25, 0.3) is 0 Å². The molecule has 0 saturated heterocycles. The van der Waals surface area contributed by atoms with E-state index in [4.69, 9.17) is 14.6 Å². The molecule has 1 atom stereocenters. The molecule has 0 fully saturated rings. The third kappa shape index (κ3) is 2.59. The summed E-state index contributed by atoms with van der Waals surface area (Å²) in [7, 11) is 0. The van der Waals surface area contributed by atoms with E-state index in [1.165, 1.54) is 0 Å². The second kappa shape index (κ2) is 5.53. The molecule has 0 unspecified atom stereocenters. The summed E-state index contributed by atoms with van der Waals surface area (Å²) in [6.45, 7) is 3.19. The molecule has 1 aliphatic heterocycles. The van der Waals surface area contributed by atoms with Gasteiger partial charge in [-0.05, 0) is 24.6 Å². The van der Waals surface area contributed by atoms with Crippen LogP contribution < -0.4 is 4.74 Å². The lowest BCUT2D eigenvalue weighted by Crippen LogP contribution is -2.23. The van der Waals surface area contributed by atoms with Crippen molar-refractivity contribution in [1.29, 1.82) is 0 Å². The van der Waals surface area contributed by atoms with Gasteiger partial charge in [0, 0.05) is 0 Å². The monoisotopic (exact) mass is 289 g/mol. The van der Waals surface area contributed by atoms with Crippen molar-refractivity contribution in [3.63, 3.8) is 0 Å². The number of carboxylic acid groups (broad SMARTS) is 1. The van der Waals surface area contributed by atoms with Crippen LogP contribution >= 0.6 is 0 Å². The van der Waals surface area contributed by atoms with Crippen molar-refractivity contribution < 1.29 is 19.4 Å². The van der Waals surface area contributed by atoms with E-state index in [-0.39, 0.29) is 18.4 Å². The van der Waals surface area contributed by atoms with Gasteiger partial charge in [-0.25, -0.2) is 9.48 Å². The number of rotatable bonds is 4. The Hall–Kier alpha value is -2.41. The lowest BCUT2D eigenvalue weighted by molar-refractivity contribution is -0.00209. The highest BCUT2D eigenvalue weighted by Crippen LogP contribution is 2.28. The fourth-order valence-electron chi connectivity index (χ4n) is 2.32. The maximum atomic E-state index is 11.0. The van der Waals surface area contributed by atoms with Crippen LogP contribution in [0.15, 0.2) is 24.3 Å². The molecule has 0 aliphatic carbocycles. The Bertz CT molecular complexity index is 651. The highest BCUT2D eigenvalue weighted by molar-refractivity contribution is 5.86. The van der Waals surface area contributed by atoms with E-state index < -0.39 is 5.97 Å². The first-order valence-electron chi connectivity index (χ1n) is 6.69. The van der Waals surface area contributed by atoms with Crippen molar-refractivity contribution in [2.24, 2.45) is 0 Å². The summed E-state index contributed by atoms with van der Waals surface area (Å²) >= 11 is 0. The molecule has 0 saturated carbocycles. The van der Waals surface area contributed by atoms with Crippen LogP contribution in [0.1, 0.15) is 34.8 Å². The molecule has 7 nitrogen and oxygen atoms in total. The number of aromatic carboxylic acids is 1. The first-order chi connectivity index (χ1) is 10.2. The number of nitrogens with zero attached hydrogens (tertiary/aromatic N) is 3. The second-order valence-electron chi connectivity index (χ2n) is 4.67. The smallest absolute Gasteiger partial charge is 0.358 e. The molecule has 1 aromatic heterocycles. The quantitative estimate of drug-likeness (QED) is 0.921. The molecule has 1 aliphatic rings. The molecular formula is C14H15N3O4. The average Bonchev–Trinajstić information content (AvgIpc) is 2.91. The van der Waals surface area contributed by atoms with Gasteiger partial charge >= 0.3 is 5.97 Å². The normalized spacial score (nSPS) is 17.3. The van der Waals surface area contributed by atoms with Gasteiger partial charge in [0.2, 0.25) is 0 Å². The maximum absolute atomic E-state index is 11.0. The van der Waals surface area contributed by atoms with Crippen molar-refractivity contribution in [3.05, 3.63) is 41.2 Å². The fraction of sp³-hybridized carbons (Fsp3) is 0.357. The number of aromatic nitrogens is 3. The van der Waals surface area contributed by atoms with Gasteiger partial charge in [-0.3, -0.25) is 0 Å². The molecule has 2 aromatic rings. The van der Waals surface area contributed by atoms with Crippen molar-refractivity contribution >= 4 is 5.97 Å². The summed E-state index contributed by atoms with van der Waals surface area (Å²) in [5, 5.41) is 16.6. The third-order valence-corrected chi connectivity index (χ3v) is 3.36. The summed E-state index contributed by atoms with van der Waals surface area (Å²) < 4.78 is 12.7. The Kier molecular flexibility index (Phi) is 3.57. The Labute approximate surface area is 121 Å². The maximum Gasteiger partial charge on any atom is 0.358 e. The Balaban J connectivity index is 1.78. The Morgan fingerprint density at radius 1 is 1.48 bits per heavy atom. The van der Waals surface area contributed by atoms with Gasteiger partial charge in [-0.2, -0.15) is 0 Å². The zero-order valence-electron chi connectivity index (χ0n) is 11.5. The lowest BCUT2D eigenvalue weighted by atomic mass is 10.1. The van der Waals surface area contributed by atoms with Crippen LogP contribution in [0.2, 0.25) is 0 Å². The van der Waals surface area contributed by atoms with Crippen LogP contribution in [0.4, 0.5) is 0 Å². The molecule has 0 spiro atoms. The van der Waals surface area contributed by atoms with Crippen LogP contribution in [0.3, 0.4) is 0 Å². The van der Waals surface area contributed by atoms with Crippen molar-refractivity contribution in [2.75, 3.05) is 6.61 Å². The lowest BCUT2D eigenvalue weighted by Gasteiger charge is -2.24. The molecular weight excluding hydrogens is 274 g/mol. The molecule has 0 amide bonds. The van der Waals surface area contributed by atoms with E-state index >= 15 is 0 Å². The average molecular weight is 289 g/mol. The molecule has 0 radical (unpaired) electrons. The highest BCUT2D eigenvalue weighted by Gasteiger charge is 2.27. The molecule has 2 heterocycles. The summed E-state index contributed by atoms with van der Waals surface area (Å²) in [4.78, 5) is 11.0. The predicted molar refractivity (Wildman–Crippen MR) is 72.1 cm³/mol. The second-order valence-corrected chi connectivity index (χ2v) is 4.67. The highest BCUT2D eigenvalue weighted by atomic mass is 16.5. The van der Waals surface area contributed by atoms with E-state index in [1.54, 1.807) is 4.68 Å². The van der Waals surface area contributed by atoms with Gasteiger partial charge in [-0.1, -0.05) is 17.3 Å². The van der Waals surface area contributed by atoms with Gasteiger partial charge in [-0.15, -0.1) is 5.10 Å². The van der Waals surface area contributed by atoms with Crippen LogP contribution in [-0.4, -0.2) is 32.7 Å². The number of ether oxygens (including phenoxy) is 2. The standard InChI is InChI=1S/C14H15N3O4/c1-2-20-10-5-3-9(4-6-10)12-7-17-11(8-21-12)13(14(18)19)15-16-17/h3-6,12H,2,7-8H2,1H3,(H,18,19)/t12-/m0/s1. The van der Waals surface area contributed by atoms with E-state index in [0.717, 1.165) is 11.3 Å². The topological polar surface area (TPSA) is 86.5 Å². The summed E-state index contributed by atoms with van der Waals surface area (Å²) in [5.41, 5.74) is 1.46. The van der Waals surface area contributed by atoms with Gasteiger partial charge in [0.1, 0.15) is 11.9 Å². The van der Waals surface area contributed by atoms with Gasteiger partial charge in [0.05, 0.1) is 25.5 Å². The van der Waals surface area contributed by atoms with Gasteiger partial charge < -0.3 is 14.6 Å². The number of carbonyl (C=O) groups is 1. The SMILES string of the molecule is CCOc1ccc([C@@H]2Cn3nnc(C(=O)O)c3CO2)cc1. The molecule has 0 bridgehead atoms. The predicted octanol–water partition coefficient (Wildman–Crippen LogP) is 1.65. The zero-order valence-corrected chi connectivity index (χ0v) is 11.5. The third-order valence-electron chi connectivity index (χ3n) is 3.36. The van der Waals surface area contributed by atoms with Crippen molar-refractivity contribution in [1.82, 2.24) is 15.0 Å². The number of hydrogen-bond acceptors (Lipinski definition) is 5. The minimum Gasteiger partial charge on any atom is -0.494 e. The molecule has 1 N–H and O–H groups in total.